The van der Waals surface area contributed by atoms with E-state index < -0.39 is 26.2 Å². The van der Waals surface area contributed by atoms with Crippen LogP contribution >= 0.6 is 0 Å². The number of rotatable bonds is 4. The molecular weight excluding hydrogens is 286 g/mol. The maximum Gasteiger partial charge on any atom is 0.325 e. The monoisotopic (exact) mass is 303 g/mol. The molecule has 0 aliphatic heterocycles. The Morgan fingerprint density at radius 2 is 1.90 bits per heavy atom. The molecule has 0 saturated heterocycles. The molecule has 1 fully saturated rings. The van der Waals surface area contributed by atoms with E-state index in [4.69, 9.17) is 0 Å². The van der Waals surface area contributed by atoms with E-state index in [1.807, 2.05) is 4.98 Å². The normalized spacial score (nSPS) is 23.6. The fourth-order valence-electron chi connectivity index (χ4n) is 2.25. The van der Waals surface area contributed by atoms with E-state index >= 15 is 0 Å². The van der Waals surface area contributed by atoms with Gasteiger partial charge in [-0.05, 0) is 31.6 Å². The van der Waals surface area contributed by atoms with Crippen LogP contribution in [0, 0.1) is 5.92 Å². The molecule has 0 radical (unpaired) electrons. The number of hydrogen-bond acceptors (Lipinski definition) is 5. The van der Waals surface area contributed by atoms with Crippen molar-refractivity contribution in [2.24, 2.45) is 5.92 Å². The standard InChI is InChI=1S/C11H17N3O5S/c15-8-3-1-7(2-4-8)5-13-20(18,19)9-6-12-11(17)14-10(9)16/h6-8,13,15H,1-5H2,(H2,12,14,16,17). The van der Waals surface area contributed by atoms with Crippen LogP contribution in [0.2, 0.25) is 0 Å². The van der Waals surface area contributed by atoms with Crippen molar-refractivity contribution in [3.63, 3.8) is 0 Å². The number of aliphatic hydroxyl groups excluding tert-OH is 1. The summed E-state index contributed by atoms with van der Waals surface area (Å²) >= 11 is 0. The Morgan fingerprint density at radius 1 is 1.25 bits per heavy atom. The van der Waals surface area contributed by atoms with E-state index in [2.05, 4.69) is 9.71 Å². The topological polar surface area (TPSA) is 132 Å². The van der Waals surface area contributed by atoms with Crippen LogP contribution in [0.1, 0.15) is 25.7 Å². The minimum absolute atomic E-state index is 0.148. The molecule has 1 saturated carbocycles. The first kappa shape index (κ1) is 14.9. The van der Waals surface area contributed by atoms with Crippen molar-refractivity contribution in [1.82, 2.24) is 14.7 Å². The van der Waals surface area contributed by atoms with Gasteiger partial charge in [-0.2, -0.15) is 0 Å². The molecule has 0 spiro atoms. The third-order valence-electron chi connectivity index (χ3n) is 3.45. The SMILES string of the molecule is O=c1[nH]cc(S(=O)(=O)NCC2CCC(O)CC2)c(=O)[nH]1. The summed E-state index contributed by atoms with van der Waals surface area (Å²) in [6.45, 7) is 0.216. The summed E-state index contributed by atoms with van der Waals surface area (Å²) in [5.41, 5.74) is -1.70. The first-order valence-electron chi connectivity index (χ1n) is 6.38. The quantitative estimate of drug-likeness (QED) is 0.560. The molecule has 4 N–H and O–H groups in total. The number of aromatic amines is 2. The van der Waals surface area contributed by atoms with Crippen molar-refractivity contribution in [2.45, 2.75) is 36.7 Å². The molecule has 9 heteroatoms. The van der Waals surface area contributed by atoms with Crippen LogP contribution in [0.3, 0.4) is 0 Å². The minimum Gasteiger partial charge on any atom is -0.393 e. The maximum absolute atomic E-state index is 12.0. The molecule has 0 unspecified atom stereocenters. The molecule has 112 valence electrons. The van der Waals surface area contributed by atoms with E-state index in [0.717, 1.165) is 19.0 Å². The molecule has 0 amide bonds. The van der Waals surface area contributed by atoms with E-state index in [-0.39, 0.29) is 18.6 Å². The van der Waals surface area contributed by atoms with Crippen LogP contribution in [0.25, 0.3) is 0 Å². The zero-order chi connectivity index (χ0) is 14.8. The molecule has 1 heterocycles. The summed E-state index contributed by atoms with van der Waals surface area (Å²) in [5, 5.41) is 9.38. The zero-order valence-corrected chi connectivity index (χ0v) is 11.6. The Labute approximate surface area is 115 Å². The van der Waals surface area contributed by atoms with Crippen molar-refractivity contribution in [3.8, 4) is 0 Å². The van der Waals surface area contributed by atoms with Gasteiger partial charge < -0.3 is 10.1 Å². The lowest BCUT2D eigenvalue weighted by Gasteiger charge is -2.25. The second-order valence-corrected chi connectivity index (χ2v) is 6.70. The molecular formula is C11H17N3O5S. The van der Waals surface area contributed by atoms with Gasteiger partial charge in [-0.3, -0.25) is 9.78 Å². The molecule has 1 aromatic rings. The second kappa shape index (κ2) is 5.90. The van der Waals surface area contributed by atoms with Gasteiger partial charge in [0.25, 0.3) is 5.56 Å². The number of aromatic nitrogens is 2. The summed E-state index contributed by atoms with van der Waals surface area (Å²) in [7, 11) is -3.95. The first-order chi connectivity index (χ1) is 9.38. The molecule has 0 aromatic carbocycles. The van der Waals surface area contributed by atoms with E-state index in [9.17, 15) is 23.1 Å². The number of hydrogen-bond donors (Lipinski definition) is 4. The van der Waals surface area contributed by atoms with Gasteiger partial charge in [0.15, 0.2) is 4.90 Å². The summed E-state index contributed by atoms with van der Waals surface area (Å²) in [5.74, 6) is 0.148. The Balaban J connectivity index is 2.04. The third kappa shape index (κ3) is 3.56. The lowest BCUT2D eigenvalue weighted by molar-refractivity contribution is 0.109. The zero-order valence-electron chi connectivity index (χ0n) is 10.8. The van der Waals surface area contributed by atoms with Crippen LogP contribution in [0.5, 0.6) is 0 Å². The van der Waals surface area contributed by atoms with Crippen molar-refractivity contribution in [3.05, 3.63) is 27.0 Å². The molecule has 8 nitrogen and oxygen atoms in total. The molecule has 1 aliphatic rings. The average Bonchev–Trinajstić information content (AvgIpc) is 2.37. The van der Waals surface area contributed by atoms with Gasteiger partial charge >= 0.3 is 5.69 Å². The summed E-state index contributed by atoms with van der Waals surface area (Å²) in [6.07, 6.45) is 3.38. The minimum atomic E-state index is -3.95. The van der Waals surface area contributed by atoms with Crippen molar-refractivity contribution < 1.29 is 13.5 Å². The van der Waals surface area contributed by atoms with Gasteiger partial charge in [0.2, 0.25) is 10.0 Å². The second-order valence-electron chi connectivity index (χ2n) is 4.96. The number of sulfonamides is 1. The first-order valence-corrected chi connectivity index (χ1v) is 7.86. The average molecular weight is 303 g/mol. The Morgan fingerprint density at radius 3 is 2.50 bits per heavy atom. The summed E-state index contributed by atoms with van der Waals surface area (Å²) in [6, 6.07) is 0. The van der Waals surface area contributed by atoms with Gasteiger partial charge in [-0.25, -0.2) is 17.9 Å². The number of H-pyrrole nitrogens is 2. The fraction of sp³-hybridized carbons (Fsp3) is 0.636. The predicted molar refractivity (Wildman–Crippen MR) is 70.8 cm³/mol. The highest BCUT2D eigenvalue weighted by Crippen LogP contribution is 2.23. The molecule has 0 atom stereocenters. The van der Waals surface area contributed by atoms with Crippen LogP contribution < -0.4 is 16.0 Å². The summed E-state index contributed by atoms with van der Waals surface area (Å²) in [4.78, 5) is 25.8. The lowest BCUT2D eigenvalue weighted by Crippen LogP contribution is -2.36. The van der Waals surface area contributed by atoms with Crippen molar-refractivity contribution in [1.29, 1.82) is 0 Å². The summed E-state index contributed by atoms with van der Waals surface area (Å²) < 4.78 is 26.3. The van der Waals surface area contributed by atoms with Crippen molar-refractivity contribution >= 4 is 10.0 Å². The third-order valence-corrected chi connectivity index (χ3v) is 4.88. The highest BCUT2D eigenvalue weighted by Gasteiger charge is 2.23. The number of nitrogens with one attached hydrogen (secondary N) is 3. The van der Waals surface area contributed by atoms with E-state index in [0.29, 0.717) is 12.8 Å². The highest BCUT2D eigenvalue weighted by atomic mass is 32.2. The van der Waals surface area contributed by atoms with Crippen LogP contribution in [0.4, 0.5) is 0 Å². The van der Waals surface area contributed by atoms with Gasteiger partial charge in [0, 0.05) is 12.7 Å². The van der Waals surface area contributed by atoms with Gasteiger partial charge in [-0.1, -0.05) is 0 Å². The Hall–Kier alpha value is -1.45. The Bertz CT molecular complexity index is 670. The fourth-order valence-corrected chi connectivity index (χ4v) is 3.37. The largest absolute Gasteiger partial charge is 0.393 e. The molecule has 1 aromatic heterocycles. The van der Waals surface area contributed by atoms with Crippen molar-refractivity contribution in [2.75, 3.05) is 6.54 Å². The molecule has 0 bridgehead atoms. The lowest BCUT2D eigenvalue weighted by atomic mass is 9.88. The number of aliphatic hydroxyl groups is 1. The van der Waals surface area contributed by atoms with Gasteiger partial charge in [0.05, 0.1) is 6.10 Å². The van der Waals surface area contributed by atoms with Crippen LogP contribution in [-0.2, 0) is 10.0 Å². The maximum atomic E-state index is 12.0. The molecule has 1 aliphatic carbocycles. The highest BCUT2D eigenvalue weighted by molar-refractivity contribution is 7.89. The predicted octanol–water partition coefficient (Wildman–Crippen LogP) is -1.11. The Kier molecular flexibility index (Phi) is 4.41. The molecule has 20 heavy (non-hydrogen) atoms. The van der Waals surface area contributed by atoms with E-state index in [1.165, 1.54) is 0 Å². The van der Waals surface area contributed by atoms with Gasteiger partial charge in [0.1, 0.15) is 0 Å². The molecule has 2 rings (SSSR count). The van der Waals surface area contributed by atoms with E-state index in [1.54, 1.807) is 0 Å². The van der Waals surface area contributed by atoms with Gasteiger partial charge in [-0.15, -0.1) is 0 Å². The van der Waals surface area contributed by atoms with Crippen LogP contribution in [-0.4, -0.2) is 36.1 Å². The smallest absolute Gasteiger partial charge is 0.325 e. The van der Waals surface area contributed by atoms with Crippen LogP contribution in [0.15, 0.2) is 20.7 Å².